The summed E-state index contributed by atoms with van der Waals surface area (Å²) in [5.41, 5.74) is 14.0. The molecular formula is C46H30N4. The maximum absolute atomic E-state index is 5.41. The standard InChI is InChI=1S/C46H30N4/c1-46(2)35-22-9-8-18-33(35)40-34(21-11-23-36(40)46)44-47-43(28-13-4-3-5-14-28)48-45(49-44)50-37-24-12-20-32-30-17-7-6-16-29(30)31-19-10-15-27-25-26-38(50)42(39(27)31)41(32)37/h3-26H,1-2H3. The van der Waals surface area contributed by atoms with E-state index in [1.54, 1.807) is 0 Å². The lowest BCUT2D eigenvalue weighted by Crippen LogP contribution is -2.14. The van der Waals surface area contributed by atoms with Crippen LogP contribution in [0, 0.1) is 0 Å². The molecule has 0 saturated heterocycles. The van der Waals surface area contributed by atoms with Gasteiger partial charge in [-0.2, -0.15) is 9.97 Å². The second kappa shape index (κ2) is 9.83. The van der Waals surface area contributed by atoms with Crippen molar-refractivity contribution in [2.75, 3.05) is 0 Å². The summed E-state index contributed by atoms with van der Waals surface area (Å²) in [7, 11) is 0. The Morgan fingerprint density at radius 2 is 1.02 bits per heavy atom. The molecule has 11 rings (SSSR count). The quantitative estimate of drug-likeness (QED) is 0.193. The Hall–Kier alpha value is -6.39. The van der Waals surface area contributed by atoms with Gasteiger partial charge in [0.05, 0.1) is 11.0 Å². The van der Waals surface area contributed by atoms with Crippen molar-refractivity contribution in [1.29, 1.82) is 0 Å². The summed E-state index contributed by atoms with van der Waals surface area (Å²) in [4.78, 5) is 15.9. The predicted octanol–water partition coefficient (Wildman–Crippen LogP) is 11.4. The second-order valence-electron chi connectivity index (χ2n) is 14.0. The molecule has 7 aromatic carbocycles. The van der Waals surface area contributed by atoms with Gasteiger partial charge in [-0.25, -0.2) is 4.98 Å². The average Bonchev–Trinajstić information content (AvgIpc) is 3.59. The van der Waals surface area contributed by atoms with E-state index in [9.17, 15) is 0 Å². The van der Waals surface area contributed by atoms with Crippen molar-refractivity contribution in [2.24, 2.45) is 0 Å². The first-order valence-corrected chi connectivity index (χ1v) is 17.2. The number of fused-ring (bicyclic) bond motifs is 6. The summed E-state index contributed by atoms with van der Waals surface area (Å²) < 4.78 is 2.26. The molecule has 0 bridgehead atoms. The summed E-state index contributed by atoms with van der Waals surface area (Å²) in [6.45, 7) is 4.62. The Morgan fingerprint density at radius 1 is 0.420 bits per heavy atom. The SMILES string of the molecule is CC1(C)c2ccccc2-c2c(-c3nc(-c4ccccc4)nc(-n4c5cccc6c5c5c7c(cccc7ccc54)-c4ccccc4-6)n3)cccc21. The van der Waals surface area contributed by atoms with Gasteiger partial charge in [-0.05, 0) is 67.4 Å². The van der Waals surface area contributed by atoms with Crippen LogP contribution >= 0.6 is 0 Å². The van der Waals surface area contributed by atoms with E-state index in [4.69, 9.17) is 15.0 Å². The minimum absolute atomic E-state index is 0.133. The zero-order valence-corrected chi connectivity index (χ0v) is 27.6. The zero-order chi connectivity index (χ0) is 33.1. The highest BCUT2D eigenvalue weighted by Gasteiger charge is 2.37. The number of aromatic nitrogens is 4. The molecule has 2 aliphatic rings. The van der Waals surface area contributed by atoms with Crippen LogP contribution in [0.4, 0.5) is 0 Å². The normalized spacial score (nSPS) is 13.6. The molecule has 0 radical (unpaired) electrons. The molecule has 0 unspecified atom stereocenters. The van der Waals surface area contributed by atoms with E-state index >= 15 is 0 Å². The first-order chi connectivity index (χ1) is 24.6. The van der Waals surface area contributed by atoms with Crippen LogP contribution in [0.5, 0.6) is 0 Å². The zero-order valence-electron chi connectivity index (χ0n) is 27.6. The lowest BCUT2D eigenvalue weighted by molar-refractivity contribution is 0.660. The number of hydrogen-bond donors (Lipinski definition) is 0. The van der Waals surface area contributed by atoms with Crippen molar-refractivity contribution in [1.82, 2.24) is 19.5 Å². The molecule has 2 heterocycles. The lowest BCUT2D eigenvalue weighted by atomic mass is 9.82. The molecule has 0 fully saturated rings. The van der Waals surface area contributed by atoms with E-state index in [2.05, 4.69) is 146 Å². The van der Waals surface area contributed by atoms with Gasteiger partial charge in [0.25, 0.3) is 0 Å². The molecule has 50 heavy (non-hydrogen) atoms. The number of benzene rings is 7. The Labute approximate surface area is 289 Å². The van der Waals surface area contributed by atoms with Crippen molar-refractivity contribution < 1.29 is 0 Å². The van der Waals surface area contributed by atoms with Gasteiger partial charge < -0.3 is 0 Å². The van der Waals surface area contributed by atoms with Crippen LogP contribution in [0.1, 0.15) is 25.0 Å². The summed E-state index contributed by atoms with van der Waals surface area (Å²) in [5.74, 6) is 1.93. The van der Waals surface area contributed by atoms with Crippen LogP contribution in [0.25, 0.3) is 94.7 Å². The van der Waals surface area contributed by atoms with E-state index in [1.165, 1.54) is 66.1 Å². The van der Waals surface area contributed by atoms with Gasteiger partial charge in [0, 0.05) is 27.3 Å². The largest absolute Gasteiger partial charge is 0.278 e. The van der Waals surface area contributed by atoms with Crippen LogP contribution in [0.2, 0.25) is 0 Å². The summed E-state index contributed by atoms with van der Waals surface area (Å²) in [5, 5.41) is 4.95. The van der Waals surface area contributed by atoms with Crippen molar-refractivity contribution in [3.05, 3.63) is 157 Å². The molecule has 0 N–H and O–H groups in total. The highest BCUT2D eigenvalue weighted by atomic mass is 15.2. The molecule has 2 aromatic heterocycles. The van der Waals surface area contributed by atoms with Crippen LogP contribution < -0.4 is 0 Å². The summed E-state index contributed by atoms with van der Waals surface area (Å²) >= 11 is 0. The molecule has 234 valence electrons. The molecule has 4 heteroatoms. The highest BCUT2D eigenvalue weighted by molar-refractivity contribution is 6.30. The van der Waals surface area contributed by atoms with Crippen LogP contribution in [-0.4, -0.2) is 19.5 Å². The molecule has 9 aromatic rings. The topological polar surface area (TPSA) is 43.6 Å². The van der Waals surface area contributed by atoms with Crippen LogP contribution in [-0.2, 0) is 5.41 Å². The predicted molar refractivity (Wildman–Crippen MR) is 205 cm³/mol. The Bertz CT molecular complexity index is 2900. The van der Waals surface area contributed by atoms with Gasteiger partial charge >= 0.3 is 0 Å². The third-order valence-electron chi connectivity index (χ3n) is 11.0. The third kappa shape index (κ3) is 3.57. The Morgan fingerprint density at radius 3 is 1.84 bits per heavy atom. The molecule has 0 amide bonds. The van der Waals surface area contributed by atoms with Gasteiger partial charge in [0.15, 0.2) is 11.6 Å². The maximum atomic E-state index is 5.41. The summed E-state index contributed by atoms with van der Waals surface area (Å²) in [6, 6.07) is 52.2. The van der Waals surface area contributed by atoms with Gasteiger partial charge in [0.1, 0.15) is 0 Å². The van der Waals surface area contributed by atoms with Crippen molar-refractivity contribution in [3.63, 3.8) is 0 Å². The highest BCUT2D eigenvalue weighted by Crippen LogP contribution is 2.52. The molecule has 2 aliphatic carbocycles. The summed E-state index contributed by atoms with van der Waals surface area (Å²) in [6.07, 6.45) is 0. The van der Waals surface area contributed by atoms with Crippen molar-refractivity contribution >= 4 is 32.6 Å². The van der Waals surface area contributed by atoms with E-state index in [0.717, 1.165) is 22.2 Å². The molecule has 0 spiro atoms. The van der Waals surface area contributed by atoms with Crippen LogP contribution in [0.15, 0.2) is 146 Å². The van der Waals surface area contributed by atoms with Gasteiger partial charge in [0.2, 0.25) is 5.95 Å². The molecule has 0 saturated carbocycles. The monoisotopic (exact) mass is 638 g/mol. The number of nitrogens with zero attached hydrogens (tertiary/aromatic N) is 4. The maximum Gasteiger partial charge on any atom is 0.238 e. The van der Waals surface area contributed by atoms with Gasteiger partial charge in [-0.3, -0.25) is 4.57 Å². The fourth-order valence-corrected chi connectivity index (χ4v) is 8.79. The van der Waals surface area contributed by atoms with E-state index in [1.807, 2.05) is 18.2 Å². The lowest BCUT2D eigenvalue weighted by Gasteiger charge is -2.21. The second-order valence-corrected chi connectivity index (χ2v) is 14.0. The van der Waals surface area contributed by atoms with E-state index < -0.39 is 0 Å². The fourth-order valence-electron chi connectivity index (χ4n) is 8.79. The van der Waals surface area contributed by atoms with Crippen LogP contribution in [0.3, 0.4) is 0 Å². The minimum Gasteiger partial charge on any atom is -0.278 e. The van der Waals surface area contributed by atoms with E-state index in [-0.39, 0.29) is 5.41 Å². The van der Waals surface area contributed by atoms with Gasteiger partial charge in [-0.1, -0.05) is 147 Å². The number of hydrogen-bond acceptors (Lipinski definition) is 3. The smallest absolute Gasteiger partial charge is 0.238 e. The van der Waals surface area contributed by atoms with Gasteiger partial charge in [-0.15, -0.1) is 0 Å². The first kappa shape index (κ1) is 27.5. The first-order valence-electron chi connectivity index (χ1n) is 17.2. The van der Waals surface area contributed by atoms with Crippen molar-refractivity contribution in [2.45, 2.75) is 19.3 Å². The molecular weight excluding hydrogens is 609 g/mol. The molecule has 0 atom stereocenters. The Kier molecular flexibility index (Phi) is 5.42. The average molecular weight is 639 g/mol. The van der Waals surface area contributed by atoms with Crippen molar-refractivity contribution in [3.8, 4) is 62.1 Å². The van der Waals surface area contributed by atoms with E-state index in [0.29, 0.717) is 17.6 Å². The number of rotatable bonds is 3. The Balaban J connectivity index is 1.27. The third-order valence-corrected chi connectivity index (χ3v) is 11.0. The molecule has 4 nitrogen and oxygen atoms in total. The fraction of sp³-hybridized carbons (Fsp3) is 0.0652. The molecule has 0 aliphatic heterocycles. The minimum atomic E-state index is -0.133.